The Morgan fingerprint density at radius 1 is 0.860 bits per heavy atom. The molecule has 4 aromatic rings. The van der Waals surface area contributed by atoms with Crippen LogP contribution in [0.5, 0.6) is 0 Å². The molecule has 3 aromatic carbocycles. The smallest absolute Gasteiger partial charge is 0.309 e. The number of thiazole rings is 1. The fraction of sp³-hybridized carbons (Fsp3) is 0.493. The molecular weight excluding hydrogens is 1210 g/mol. The van der Waals surface area contributed by atoms with Gasteiger partial charge in [0.15, 0.2) is 6.10 Å². The molecule has 0 bridgehead atoms. The molecule has 0 unspecified atom stereocenters. The Balaban J connectivity index is 1.01. The number of terminal acetylenes is 1. The second-order valence-electron chi connectivity index (χ2n) is 24.8. The second-order valence-corrected chi connectivity index (χ2v) is 25.7. The molecule has 500 valence electrons. The molecule has 0 aliphatic carbocycles. The minimum absolute atomic E-state index is 0.00189. The lowest BCUT2D eigenvalue weighted by Crippen LogP contribution is -2.58. The Bertz CT molecular complexity index is 3360. The van der Waals surface area contributed by atoms with Gasteiger partial charge >= 0.3 is 11.9 Å². The number of ether oxygens (including phenoxy) is 1. The summed E-state index contributed by atoms with van der Waals surface area (Å²) in [5.41, 5.74) is 4.17. The van der Waals surface area contributed by atoms with Crippen molar-refractivity contribution in [3.63, 3.8) is 0 Å². The van der Waals surface area contributed by atoms with Crippen molar-refractivity contribution in [2.75, 3.05) is 50.1 Å². The molecule has 0 spiro atoms. The molecule has 24 heteroatoms. The van der Waals surface area contributed by atoms with Crippen LogP contribution in [0.4, 0.5) is 11.4 Å². The predicted molar refractivity (Wildman–Crippen MR) is 354 cm³/mol. The summed E-state index contributed by atoms with van der Waals surface area (Å²) < 4.78 is 5.89. The van der Waals surface area contributed by atoms with E-state index < -0.39 is 103 Å². The number of hydrogen-bond acceptors (Lipinski definition) is 15. The van der Waals surface area contributed by atoms with Crippen molar-refractivity contribution in [1.29, 1.82) is 0 Å². The van der Waals surface area contributed by atoms with Crippen molar-refractivity contribution >= 4 is 87.5 Å². The quantitative estimate of drug-likeness (QED) is 0.0111. The Hall–Kier alpha value is -8.79. The molecule has 23 nitrogen and oxygen atoms in total. The van der Waals surface area contributed by atoms with Gasteiger partial charge in [-0.3, -0.25) is 57.7 Å². The summed E-state index contributed by atoms with van der Waals surface area (Å²) in [7, 11) is 1.90. The van der Waals surface area contributed by atoms with Gasteiger partial charge in [0.25, 0.3) is 11.8 Å². The van der Waals surface area contributed by atoms with E-state index in [1.807, 2.05) is 88.2 Å². The van der Waals surface area contributed by atoms with Crippen LogP contribution in [-0.2, 0) is 72.1 Å². The first-order valence-electron chi connectivity index (χ1n) is 31.7. The minimum Gasteiger partial charge on any atom is -0.481 e. The molecule has 1 fully saturated rings. The number of rotatable bonds is 32. The molecule has 2 aliphatic heterocycles. The van der Waals surface area contributed by atoms with Gasteiger partial charge < -0.3 is 46.6 Å². The molecule has 93 heavy (non-hydrogen) atoms. The zero-order valence-electron chi connectivity index (χ0n) is 54.6. The topological polar surface area (TPSA) is 304 Å². The molecule has 1 aromatic heterocycles. The number of likely N-dealkylation sites (N-methyl/N-ethyl adjacent to an activating group) is 1. The van der Waals surface area contributed by atoms with Crippen LogP contribution in [0.3, 0.4) is 0 Å². The number of unbranched alkanes of at least 4 members (excludes halogenated alkanes) is 1. The molecule has 3 heterocycles. The van der Waals surface area contributed by atoms with Gasteiger partial charge in [0.2, 0.25) is 35.4 Å². The lowest BCUT2D eigenvalue weighted by atomic mass is 9.84. The number of nitrogens with one attached hydrogen (secondary N) is 6. The molecule has 6 atom stereocenters. The van der Waals surface area contributed by atoms with Crippen molar-refractivity contribution in [1.82, 2.24) is 41.5 Å². The van der Waals surface area contributed by atoms with E-state index in [0.29, 0.717) is 55.6 Å². The van der Waals surface area contributed by atoms with E-state index in [9.17, 15) is 53.1 Å². The van der Waals surface area contributed by atoms with E-state index in [0.717, 1.165) is 53.0 Å². The number of likely N-dealkylation sites (tertiary alicyclic amines) is 1. The number of nitrogens with zero attached hydrogens (tertiary/aromatic N) is 4. The zero-order chi connectivity index (χ0) is 67.9. The van der Waals surface area contributed by atoms with Gasteiger partial charge in [-0.05, 0) is 118 Å². The van der Waals surface area contributed by atoms with Crippen molar-refractivity contribution in [3.05, 3.63) is 118 Å². The first-order valence-corrected chi connectivity index (χ1v) is 32.6. The first kappa shape index (κ1) is 73.3. The van der Waals surface area contributed by atoms with Crippen LogP contribution >= 0.6 is 11.3 Å². The number of hydroxylamine groups is 2. The van der Waals surface area contributed by atoms with E-state index in [2.05, 4.69) is 49.4 Å². The monoisotopic (exact) mass is 1300 g/mol. The number of piperidine rings is 1. The molecule has 0 saturated carbocycles. The summed E-state index contributed by atoms with van der Waals surface area (Å²) in [5, 5.41) is 29.2. The lowest BCUT2D eigenvalue weighted by molar-refractivity contribution is -0.213. The maximum atomic E-state index is 14.9. The summed E-state index contributed by atoms with van der Waals surface area (Å²) in [6.07, 6.45) is 8.91. The summed E-state index contributed by atoms with van der Waals surface area (Å²) in [6.45, 7) is 16.0. The molecule has 0 radical (unpaired) electrons. The van der Waals surface area contributed by atoms with Gasteiger partial charge in [-0.1, -0.05) is 102 Å². The Morgan fingerprint density at radius 3 is 2.16 bits per heavy atom. The average molecular weight is 1300 g/mol. The van der Waals surface area contributed by atoms with E-state index in [1.54, 1.807) is 43.0 Å². The maximum Gasteiger partial charge on any atom is 0.309 e. The fourth-order valence-electron chi connectivity index (χ4n) is 11.1. The standard InChI is InChI=1S/C69H90N10O13S/c1-11-13-20-33-91-79(67(88)63(44(5)12-2)76-65(87)55-25-18-19-32-77(55)10)56(43(3)4)36-57(92-46(7)80)66-75-53(42-93-66)64(86)74-51(37-69(8,9)68(89)90)35-47-26-28-50(29-27-47)73-61(84)40-72-60(83)39-71-59(82)38-70-58(81)30-31-62(85)78-41-49-22-15-14-21-48(49)34-45(6)52-23-16-17-24-54(52)78/h1,14-17,21-24,26-29,42-44,51,55-57,63H,6,12-13,18-20,25,30-41H2,2-5,7-10H3,(H,70,81)(H,71,82)(H,72,83)(H,73,84)(H,74,86)(H,76,87)(H,89,90)/t44-,51-,55+,56+,57+,63-/m0/s1. The highest BCUT2D eigenvalue weighted by atomic mass is 32.1. The number of carbonyl (C=O) groups excluding carboxylic acids is 9. The number of carbonyl (C=O) groups is 10. The van der Waals surface area contributed by atoms with E-state index in [4.69, 9.17) is 16.0 Å². The van der Waals surface area contributed by atoms with Crippen LogP contribution in [-0.4, -0.2) is 143 Å². The van der Waals surface area contributed by atoms with E-state index >= 15 is 0 Å². The number of carboxylic acid groups (broad SMARTS) is 1. The maximum absolute atomic E-state index is 14.9. The highest BCUT2D eigenvalue weighted by Crippen LogP contribution is 2.36. The Morgan fingerprint density at radius 2 is 1.52 bits per heavy atom. The third kappa shape index (κ3) is 21.9. The van der Waals surface area contributed by atoms with Crippen molar-refractivity contribution in [2.24, 2.45) is 17.3 Å². The average Bonchev–Trinajstić information content (AvgIpc) is 0.905. The first-order chi connectivity index (χ1) is 44.3. The number of aliphatic carboxylic acids is 1. The van der Waals surface area contributed by atoms with Gasteiger partial charge in [-0.15, -0.1) is 23.7 Å². The van der Waals surface area contributed by atoms with Crippen LogP contribution in [0.25, 0.3) is 5.57 Å². The molecular formula is C69H90N10O13S. The van der Waals surface area contributed by atoms with E-state index in [1.165, 1.54) is 17.4 Å². The third-order valence-corrected chi connectivity index (χ3v) is 17.6. The number of carboxylic acids is 1. The van der Waals surface area contributed by atoms with Crippen molar-refractivity contribution < 1.29 is 62.6 Å². The number of benzene rings is 3. The number of hydrogen-bond donors (Lipinski definition) is 7. The fourth-order valence-corrected chi connectivity index (χ4v) is 11.9. The van der Waals surface area contributed by atoms with Gasteiger partial charge in [-0.25, -0.2) is 10.0 Å². The third-order valence-electron chi connectivity index (χ3n) is 16.6. The normalized spacial score (nSPS) is 15.6. The highest BCUT2D eigenvalue weighted by Gasteiger charge is 2.40. The summed E-state index contributed by atoms with van der Waals surface area (Å²) in [4.78, 5) is 147. The van der Waals surface area contributed by atoms with Crippen molar-refractivity contribution in [3.8, 4) is 12.3 Å². The van der Waals surface area contributed by atoms with Crippen LogP contribution in [0.1, 0.15) is 157 Å². The van der Waals surface area contributed by atoms with Crippen LogP contribution in [0, 0.1) is 29.6 Å². The minimum atomic E-state index is -1.29. The predicted octanol–water partition coefficient (Wildman–Crippen LogP) is 7.06. The van der Waals surface area contributed by atoms with Crippen LogP contribution in [0.2, 0.25) is 0 Å². The van der Waals surface area contributed by atoms with Gasteiger partial charge in [0.05, 0.1) is 56.0 Å². The van der Waals surface area contributed by atoms with Gasteiger partial charge in [0, 0.05) is 55.3 Å². The number of anilines is 2. The Kier molecular flexibility index (Phi) is 27.8. The number of esters is 1. The van der Waals surface area contributed by atoms with E-state index in [-0.39, 0.29) is 73.1 Å². The number of allylic oxidation sites excluding steroid dienone is 1. The number of aromatic nitrogens is 1. The van der Waals surface area contributed by atoms with Crippen LogP contribution in [0.15, 0.2) is 84.8 Å². The summed E-state index contributed by atoms with van der Waals surface area (Å²) >= 11 is 1.07. The highest BCUT2D eigenvalue weighted by molar-refractivity contribution is 7.09. The van der Waals surface area contributed by atoms with Gasteiger partial charge in [0.1, 0.15) is 16.7 Å². The van der Waals surface area contributed by atoms with Gasteiger partial charge in [-0.2, -0.15) is 0 Å². The molecule has 1 saturated heterocycles. The summed E-state index contributed by atoms with van der Waals surface area (Å²) in [6, 6.07) is 19.1. The second kappa shape index (κ2) is 35.3. The molecule has 7 N–H and O–H groups in total. The zero-order valence-corrected chi connectivity index (χ0v) is 55.4. The van der Waals surface area contributed by atoms with Crippen LogP contribution < -0.4 is 36.8 Å². The molecule has 2 aliphatic rings. The largest absolute Gasteiger partial charge is 0.481 e. The molecule has 6 rings (SSSR count). The Labute approximate surface area is 548 Å². The summed E-state index contributed by atoms with van der Waals surface area (Å²) in [5.74, 6) is -3.79. The lowest BCUT2D eigenvalue weighted by Gasteiger charge is -2.39. The number of para-hydroxylation sites is 1. The molecule has 8 amide bonds. The van der Waals surface area contributed by atoms with Crippen molar-refractivity contribution in [2.45, 2.75) is 162 Å². The number of amides is 8. The number of fused-ring (bicyclic) bond motifs is 2. The SMILES string of the molecule is C#CCCCON(C(=O)[C@@H](NC(=O)[C@H]1CCCCN1C)[C@@H](C)CC)[C@H](C[C@@H](OC(C)=O)c1nc(C(=O)N[C@@H](Cc2ccc(NC(=O)CNC(=O)CNC(=O)CNC(=O)CCC(=O)N3Cc4ccccc4CC(=C)c4ccccc43)cc2)CC(C)(C)C(=O)O)cs1)C(C)C.